The van der Waals surface area contributed by atoms with Crippen LogP contribution in [0.25, 0.3) is 32.8 Å². The van der Waals surface area contributed by atoms with E-state index in [2.05, 4.69) is 89.8 Å². The van der Waals surface area contributed by atoms with E-state index in [0.717, 1.165) is 29.7 Å². The summed E-state index contributed by atoms with van der Waals surface area (Å²) in [5.41, 5.74) is 3.40. The minimum Gasteiger partial charge on any atom is -0.369 e. The van der Waals surface area contributed by atoms with E-state index in [1.165, 1.54) is 21.9 Å². The Balaban J connectivity index is 1.79. The van der Waals surface area contributed by atoms with Crippen molar-refractivity contribution in [3.63, 3.8) is 0 Å². The molecule has 0 spiro atoms. The predicted octanol–water partition coefficient (Wildman–Crippen LogP) is 5.91. The molecular formula is C23H23N3. The molecule has 0 unspecified atom stereocenters. The molecule has 0 fully saturated rings. The first-order chi connectivity index (χ1) is 12.7. The first kappa shape index (κ1) is 16.5. The van der Waals surface area contributed by atoms with E-state index < -0.39 is 0 Å². The summed E-state index contributed by atoms with van der Waals surface area (Å²) in [7, 11) is 0. The zero-order chi connectivity index (χ0) is 17.9. The van der Waals surface area contributed by atoms with E-state index >= 15 is 0 Å². The Bertz CT molecular complexity index is 1050. The van der Waals surface area contributed by atoms with E-state index in [0.29, 0.717) is 5.92 Å². The van der Waals surface area contributed by atoms with Gasteiger partial charge in [-0.3, -0.25) is 0 Å². The standard InChI is InChI=1S/C23H23N3/c1-16(2)12-13-24-23-21-14-18(10-11-22(21)25-15-26-23)20-9-5-7-17-6-3-4-8-19(17)20/h3-11,14-16H,12-13H2,1-2H3,(H,24,25,26). The zero-order valence-corrected chi connectivity index (χ0v) is 15.2. The van der Waals surface area contributed by atoms with Gasteiger partial charge in [0, 0.05) is 11.9 Å². The summed E-state index contributed by atoms with van der Waals surface area (Å²) in [5.74, 6) is 1.58. The maximum atomic E-state index is 4.48. The van der Waals surface area contributed by atoms with Gasteiger partial charge in [-0.05, 0) is 46.4 Å². The Morgan fingerprint density at radius 2 is 1.73 bits per heavy atom. The van der Waals surface area contributed by atoms with Crippen molar-refractivity contribution >= 4 is 27.5 Å². The highest BCUT2D eigenvalue weighted by atomic mass is 15.0. The molecule has 0 aliphatic heterocycles. The number of benzene rings is 3. The molecule has 130 valence electrons. The molecule has 0 amide bonds. The van der Waals surface area contributed by atoms with Crippen LogP contribution in [-0.2, 0) is 0 Å². The van der Waals surface area contributed by atoms with Crippen LogP contribution in [0.15, 0.2) is 67.0 Å². The summed E-state index contributed by atoms with van der Waals surface area (Å²) < 4.78 is 0. The molecule has 26 heavy (non-hydrogen) atoms. The van der Waals surface area contributed by atoms with E-state index in [-0.39, 0.29) is 0 Å². The van der Waals surface area contributed by atoms with Crippen molar-refractivity contribution < 1.29 is 0 Å². The largest absolute Gasteiger partial charge is 0.369 e. The lowest BCUT2D eigenvalue weighted by molar-refractivity contribution is 0.607. The SMILES string of the molecule is CC(C)CCNc1ncnc2ccc(-c3cccc4ccccc34)cc12. The predicted molar refractivity (Wildman–Crippen MR) is 110 cm³/mol. The first-order valence-corrected chi connectivity index (χ1v) is 9.19. The molecule has 0 saturated carbocycles. The lowest BCUT2D eigenvalue weighted by Crippen LogP contribution is -2.06. The van der Waals surface area contributed by atoms with Crippen molar-refractivity contribution in [2.75, 3.05) is 11.9 Å². The fourth-order valence-corrected chi connectivity index (χ4v) is 3.32. The average Bonchev–Trinajstić information content (AvgIpc) is 2.67. The number of nitrogens with zero attached hydrogens (tertiary/aromatic N) is 2. The van der Waals surface area contributed by atoms with Gasteiger partial charge in [0.15, 0.2) is 0 Å². The molecule has 3 aromatic carbocycles. The molecule has 0 saturated heterocycles. The van der Waals surface area contributed by atoms with Crippen molar-refractivity contribution in [1.82, 2.24) is 9.97 Å². The van der Waals surface area contributed by atoms with Crippen LogP contribution in [0.2, 0.25) is 0 Å². The van der Waals surface area contributed by atoms with E-state index in [9.17, 15) is 0 Å². The zero-order valence-electron chi connectivity index (χ0n) is 15.2. The maximum Gasteiger partial charge on any atom is 0.137 e. The summed E-state index contributed by atoms with van der Waals surface area (Å²) in [5, 5.41) is 7.07. The topological polar surface area (TPSA) is 37.8 Å². The van der Waals surface area contributed by atoms with Gasteiger partial charge in [0.25, 0.3) is 0 Å². The van der Waals surface area contributed by atoms with Crippen molar-refractivity contribution in [3.8, 4) is 11.1 Å². The second-order valence-corrected chi connectivity index (χ2v) is 7.09. The van der Waals surface area contributed by atoms with E-state index in [1.54, 1.807) is 6.33 Å². The minimum atomic E-state index is 0.668. The van der Waals surface area contributed by atoms with Gasteiger partial charge < -0.3 is 5.32 Å². The van der Waals surface area contributed by atoms with Gasteiger partial charge >= 0.3 is 0 Å². The van der Waals surface area contributed by atoms with Gasteiger partial charge in [-0.2, -0.15) is 0 Å². The number of fused-ring (bicyclic) bond motifs is 2. The van der Waals surface area contributed by atoms with Crippen LogP contribution in [0.1, 0.15) is 20.3 Å². The lowest BCUT2D eigenvalue weighted by atomic mass is 9.97. The Morgan fingerprint density at radius 1 is 0.885 bits per heavy atom. The Kier molecular flexibility index (Phi) is 4.53. The van der Waals surface area contributed by atoms with Gasteiger partial charge in [0.2, 0.25) is 0 Å². The number of nitrogens with one attached hydrogen (secondary N) is 1. The number of rotatable bonds is 5. The molecule has 0 atom stereocenters. The third-order valence-corrected chi connectivity index (χ3v) is 4.75. The molecule has 0 radical (unpaired) electrons. The summed E-state index contributed by atoms with van der Waals surface area (Å²) in [6, 6.07) is 21.4. The van der Waals surface area contributed by atoms with Gasteiger partial charge in [-0.15, -0.1) is 0 Å². The first-order valence-electron chi connectivity index (χ1n) is 9.19. The van der Waals surface area contributed by atoms with Crippen molar-refractivity contribution in [2.45, 2.75) is 20.3 Å². The molecule has 0 bridgehead atoms. The number of aromatic nitrogens is 2. The monoisotopic (exact) mass is 341 g/mol. The quantitative estimate of drug-likeness (QED) is 0.490. The molecule has 1 N–H and O–H groups in total. The molecule has 4 rings (SSSR count). The third kappa shape index (κ3) is 3.25. The minimum absolute atomic E-state index is 0.668. The van der Waals surface area contributed by atoms with Crippen LogP contribution in [-0.4, -0.2) is 16.5 Å². The molecule has 0 aliphatic rings. The van der Waals surface area contributed by atoms with E-state index in [4.69, 9.17) is 0 Å². The molecule has 3 nitrogen and oxygen atoms in total. The summed E-state index contributed by atoms with van der Waals surface area (Å²) in [6.45, 7) is 5.39. The van der Waals surface area contributed by atoms with E-state index in [1.807, 2.05) is 0 Å². The van der Waals surface area contributed by atoms with Gasteiger partial charge in [-0.25, -0.2) is 9.97 Å². The Labute approximate surface area is 154 Å². The highest BCUT2D eigenvalue weighted by molar-refractivity contribution is 6.00. The average molecular weight is 341 g/mol. The van der Waals surface area contributed by atoms with Crippen molar-refractivity contribution in [1.29, 1.82) is 0 Å². The summed E-state index contributed by atoms with van der Waals surface area (Å²) >= 11 is 0. The van der Waals surface area contributed by atoms with Crippen molar-refractivity contribution in [3.05, 3.63) is 67.0 Å². The summed E-state index contributed by atoms with van der Waals surface area (Å²) in [6.07, 6.45) is 2.76. The van der Waals surface area contributed by atoms with Crippen LogP contribution >= 0.6 is 0 Å². The Morgan fingerprint density at radius 3 is 2.62 bits per heavy atom. The fourth-order valence-electron chi connectivity index (χ4n) is 3.32. The van der Waals surface area contributed by atoms with Crippen LogP contribution in [0, 0.1) is 5.92 Å². The molecule has 1 heterocycles. The molecule has 4 aromatic rings. The van der Waals surface area contributed by atoms with Crippen molar-refractivity contribution in [2.24, 2.45) is 5.92 Å². The van der Waals surface area contributed by atoms with Crippen LogP contribution in [0.3, 0.4) is 0 Å². The number of hydrogen-bond acceptors (Lipinski definition) is 3. The lowest BCUT2D eigenvalue weighted by Gasteiger charge is -2.12. The van der Waals surface area contributed by atoms with Gasteiger partial charge in [0.1, 0.15) is 12.1 Å². The highest BCUT2D eigenvalue weighted by Gasteiger charge is 2.08. The second kappa shape index (κ2) is 7.12. The van der Waals surface area contributed by atoms with Crippen LogP contribution in [0.5, 0.6) is 0 Å². The van der Waals surface area contributed by atoms with Crippen LogP contribution in [0.4, 0.5) is 5.82 Å². The van der Waals surface area contributed by atoms with Gasteiger partial charge in [-0.1, -0.05) is 62.4 Å². The molecule has 3 heteroatoms. The second-order valence-electron chi connectivity index (χ2n) is 7.09. The van der Waals surface area contributed by atoms with Gasteiger partial charge in [0.05, 0.1) is 5.52 Å². The molecule has 0 aliphatic carbocycles. The maximum absolute atomic E-state index is 4.48. The fraction of sp³-hybridized carbons (Fsp3) is 0.217. The van der Waals surface area contributed by atoms with Crippen LogP contribution < -0.4 is 5.32 Å². The molecule has 1 aromatic heterocycles. The Hall–Kier alpha value is -2.94. The number of anilines is 1. The molecular weight excluding hydrogens is 318 g/mol. The smallest absolute Gasteiger partial charge is 0.137 e. The third-order valence-electron chi connectivity index (χ3n) is 4.75. The normalized spacial score (nSPS) is 11.3. The summed E-state index contributed by atoms with van der Waals surface area (Å²) in [4.78, 5) is 8.91. The highest BCUT2D eigenvalue weighted by Crippen LogP contribution is 2.31. The number of hydrogen-bond donors (Lipinski definition) is 1.